The van der Waals surface area contributed by atoms with Crippen molar-refractivity contribution in [2.75, 3.05) is 19.8 Å². The Bertz CT molecular complexity index is 463. The van der Waals surface area contributed by atoms with Crippen LogP contribution in [0.15, 0.2) is 30.3 Å². The van der Waals surface area contributed by atoms with E-state index in [9.17, 15) is 14.7 Å². The highest BCUT2D eigenvalue weighted by molar-refractivity contribution is 5.86. The van der Waals surface area contributed by atoms with Crippen LogP contribution >= 0.6 is 0 Å². The van der Waals surface area contributed by atoms with Crippen LogP contribution in [0.25, 0.3) is 0 Å². The second-order valence-electron chi connectivity index (χ2n) is 4.80. The largest absolute Gasteiger partial charge is 0.480 e. The molecule has 0 aliphatic rings. The molecule has 0 saturated carbocycles. The van der Waals surface area contributed by atoms with Crippen molar-refractivity contribution in [3.8, 4) is 0 Å². The highest BCUT2D eigenvalue weighted by Crippen LogP contribution is 2.04. The maximum atomic E-state index is 12.0. The van der Waals surface area contributed by atoms with Crippen LogP contribution in [-0.4, -0.2) is 48.9 Å². The Morgan fingerprint density at radius 1 is 1.23 bits per heavy atom. The molecule has 122 valence electrons. The molecule has 0 fully saturated rings. The van der Waals surface area contributed by atoms with E-state index in [4.69, 9.17) is 9.47 Å². The van der Waals surface area contributed by atoms with E-state index < -0.39 is 24.0 Å². The van der Waals surface area contributed by atoms with Crippen molar-refractivity contribution in [3.05, 3.63) is 35.9 Å². The highest BCUT2D eigenvalue weighted by atomic mass is 16.5. The van der Waals surface area contributed by atoms with Crippen LogP contribution < -0.4 is 5.32 Å². The lowest BCUT2D eigenvalue weighted by Crippen LogP contribution is -2.46. The van der Waals surface area contributed by atoms with Crippen LogP contribution in [0.3, 0.4) is 0 Å². The van der Waals surface area contributed by atoms with E-state index >= 15 is 0 Å². The number of carbonyl (C=O) groups excluding carboxylic acids is 1. The zero-order valence-electron chi connectivity index (χ0n) is 13.0. The quantitative estimate of drug-likeness (QED) is 0.635. The number of amides is 1. The molecule has 0 aromatic heterocycles. The van der Waals surface area contributed by atoms with Crippen LogP contribution in [0.4, 0.5) is 0 Å². The molecule has 1 unspecified atom stereocenters. The first-order valence-electron chi connectivity index (χ1n) is 7.31. The fraction of sp³-hybridized carbons (Fsp3) is 0.500. The van der Waals surface area contributed by atoms with Gasteiger partial charge >= 0.3 is 5.97 Å². The monoisotopic (exact) mass is 309 g/mol. The van der Waals surface area contributed by atoms with Gasteiger partial charge in [0.2, 0.25) is 5.91 Å². The van der Waals surface area contributed by atoms with Gasteiger partial charge in [0.05, 0.1) is 13.2 Å². The van der Waals surface area contributed by atoms with Gasteiger partial charge in [0.25, 0.3) is 0 Å². The maximum Gasteiger partial charge on any atom is 0.326 e. The van der Waals surface area contributed by atoms with E-state index in [0.29, 0.717) is 19.8 Å². The topological polar surface area (TPSA) is 84.9 Å². The van der Waals surface area contributed by atoms with Gasteiger partial charge in [-0.2, -0.15) is 0 Å². The van der Waals surface area contributed by atoms with Gasteiger partial charge in [-0.1, -0.05) is 30.3 Å². The molecule has 0 saturated heterocycles. The third-order valence-corrected chi connectivity index (χ3v) is 3.07. The number of ether oxygens (including phenoxy) is 2. The molecule has 1 aromatic rings. The minimum Gasteiger partial charge on any atom is -0.480 e. The number of carbonyl (C=O) groups is 2. The molecular weight excluding hydrogens is 286 g/mol. The lowest BCUT2D eigenvalue weighted by molar-refractivity contribution is -0.144. The summed E-state index contributed by atoms with van der Waals surface area (Å²) in [6.07, 6.45) is -0.494. The minimum atomic E-state index is -1.07. The first-order chi connectivity index (χ1) is 10.5. The van der Waals surface area contributed by atoms with E-state index in [1.165, 1.54) is 0 Å². The first kappa shape index (κ1) is 18.1. The summed E-state index contributed by atoms with van der Waals surface area (Å²) in [5.41, 5.74) is 0.847. The molecule has 2 atom stereocenters. The van der Waals surface area contributed by atoms with Crippen molar-refractivity contribution in [3.63, 3.8) is 0 Å². The van der Waals surface area contributed by atoms with Gasteiger partial charge in [0.1, 0.15) is 12.1 Å². The second kappa shape index (κ2) is 9.92. The highest BCUT2D eigenvalue weighted by Gasteiger charge is 2.23. The molecule has 0 aliphatic carbocycles. The van der Waals surface area contributed by atoms with Crippen molar-refractivity contribution in [2.45, 2.75) is 32.4 Å². The molecule has 0 aliphatic heterocycles. The van der Waals surface area contributed by atoms with Crippen molar-refractivity contribution in [2.24, 2.45) is 0 Å². The van der Waals surface area contributed by atoms with Gasteiger partial charge in [-0.15, -0.1) is 0 Å². The molecule has 6 nitrogen and oxygen atoms in total. The molecule has 22 heavy (non-hydrogen) atoms. The van der Waals surface area contributed by atoms with Crippen LogP contribution in [0, 0.1) is 0 Å². The Hall–Kier alpha value is -1.92. The summed E-state index contributed by atoms with van der Waals surface area (Å²) in [6.45, 7) is 4.74. The Morgan fingerprint density at radius 2 is 1.91 bits per heavy atom. The third kappa shape index (κ3) is 6.69. The third-order valence-electron chi connectivity index (χ3n) is 3.07. The summed E-state index contributed by atoms with van der Waals surface area (Å²) < 4.78 is 10.4. The molecule has 0 spiro atoms. The fourth-order valence-electron chi connectivity index (χ4n) is 1.84. The SMILES string of the molecule is CCOCCOC(C)C(=O)N[C@@H](Cc1ccccc1)C(=O)O. The van der Waals surface area contributed by atoms with Gasteiger partial charge < -0.3 is 19.9 Å². The van der Waals surface area contributed by atoms with E-state index in [-0.39, 0.29) is 6.42 Å². The van der Waals surface area contributed by atoms with Crippen molar-refractivity contribution in [1.82, 2.24) is 5.32 Å². The summed E-state index contributed by atoms with van der Waals surface area (Å²) in [6, 6.07) is 8.18. The number of hydrogen-bond donors (Lipinski definition) is 2. The standard InChI is InChI=1S/C16H23NO5/c1-3-21-9-10-22-12(2)15(18)17-14(16(19)20)11-13-7-5-4-6-8-13/h4-8,12,14H,3,9-11H2,1-2H3,(H,17,18)(H,19,20)/t12?,14-/m0/s1. The van der Waals surface area contributed by atoms with Gasteiger partial charge in [-0.25, -0.2) is 4.79 Å². The van der Waals surface area contributed by atoms with Crippen molar-refractivity contribution in [1.29, 1.82) is 0 Å². The Kier molecular flexibility index (Phi) is 8.17. The zero-order chi connectivity index (χ0) is 16.4. The molecule has 0 radical (unpaired) electrons. The molecule has 6 heteroatoms. The number of carboxylic acids is 1. The summed E-state index contributed by atoms with van der Waals surface area (Å²) in [7, 11) is 0. The van der Waals surface area contributed by atoms with Crippen molar-refractivity contribution < 1.29 is 24.2 Å². The van der Waals surface area contributed by atoms with Crippen LogP contribution in [0.1, 0.15) is 19.4 Å². The molecule has 2 N–H and O–H groups in total. The predicted molar refractivity (Wildman–Crippen MR) is 81.6 cm³/mol. The first-order valence-corrected chi connectivity index (χ1v) is 7.31. The fourth-order valence-corrected chi connectivity index (χ4v) is 1.84. The molecule has 1 amide bonds. The summed E-state index contributed by atoms with van der Waals surface area (Å²) in [5, 5.41) is 11.7. The Morgan fingerprint density at radius 3 is 2.50 bits per heavy atom. The summed E-state index contributed by atoms with van der Waals surface area (Å²) >= 11 is 0. The number of nitrogens with one attached hydrogen (secondary N) is 1. The van der Waals surface area contributed by atoms with Crippen LogP contribution in [-0.2, 0) is 25.5 Å². The lowest BCUT2D eigenvalue weighted by atomic mass is 10.1. The summed E-state index contributed by atoms with van der Waals surface area (Å²) in [5.74, 6) is -1.52. The van der Waals surface area contributed by atoms with E-state index in [0.717, 1.165) is 5.56 Å². The predicted octanol–water partition coefficient (Wildman–Crippen LogP) is 1.24. The van der Waals surface area contributed by atoms with Gasteiger partial charge in [0, 0.05) is 13.0 Å². The number of rotatable bonds is 10. The normalized spacial score (nSPS) is 13.4. The smallest absolute Gasteiger partial charge is 0.326 e. The van der Waals surface area contributed by atoms with Crippen LogP contribution in [0.2, 0.25) is 0 Å². The molecule has 1 aromatic carbocycles. The lowest BCUT2D eigenvalue weighted by Gasteiger charge is -2.18. The Labute approximate surface area is 130 Å². The average molecular weight is 309 g/mol. The molecule has 0 heterocycles. The number of aliphatic carboxylic acids is 1. The average Bonchev–Trinajstić information content (AvgIpc) is 2.51. The number of hydrogen-bond acceptors (Lipinski definition) is 4. The number of carboxylic acid groups (broad SMARTS) is 1. The molecular formula is C16H23NO5. The van der Waals surface area contributed by atoms with E-state index in [1.54, 1.807) is 6.92 Å². The molecule has 1 rings (SSSR count). The number of benzene rings is 1. The van der Waals surface area contributed by atoms with E-state index in [2.05, 4.69) is 5.32 Å². The maximum absolute atomic E-state index is 12.0. The van der Waals surface area contributed by atoms with Gasteiger partial charge in [-0.05, 0) is 19.4 Å². The van der Waals surface area contributed by atoms with Crippen molar-refractivity contribution >= 4 is 11.9 Å². The van der Waals surface area contributed by atoms with Crippen LogP contribution in [0.5, 0.6) is 0 Å². The van der Waals surface area contributed by atoms with Gasteiger partial charge in [0.15, 0.2) is 0 Å². The Balaban J connectivity index is 2.48. The zero-order valence-corrected chi connectivity index (χ0v) is 13.0. The molecule has 0 bridgehead atoms. The second-order valence-corrected chi connectivity index (χ2v) is 4.80. The summed E-state index contributed by atoms with van der Waals surface area (Å²) in [4.78, 5) is 23.3. The van der Waals surface area contributed by atoms with E-state index in [1.807, 2.05) is 37.3 Å². The van der Waals surface area contributed by atoms with Gasteiger partial charge in [-0.3, -0.25) is 4.79 Å². The minimum absolute atomic E-state index is 0.230.